The number of hydrogen-bond donors (Lipinski definition) is 0. The summed E-state index contributed by atoms with van der Waals surface area (Å²) in [5.41, 5.74) is 0. The van der Waals surface area contributed by atoms with Crippen molar-refractivity contribution >= 4 is 31.4 Å². The third-order valence-corrected chi connectivity index (χ3v) is 9.66. The summed E-state index contributed by atoms with van der Waals surface area (Å²) in [5.74, 6) is 0. The summed E-state index contributed by atoms with van der Waals surface area (Å²) < 4.78 is 28.6. The Balaban J connectivity index is 2.24. The Kier molecular flexibility index (Phi) is 3.84. The molecule has 2 unspecified atom stereocenters. The minimum atomic E-state index is -3.02. The van der Waals surface area contributed by atoms with Gasteiger partial charge < -0.3 is 4.74 Å². The lowest BCUT2D eigenvalue weighted by atomic mass is 9.84. The summed E-state index contributed by atoms with van der Waals surface area (Å²) in [7, 11) is 1.86. The molecule has 2 atom stereocenters. The summed E-state index contributed by atoms with van der Waals surface area (Å²) in [5, 5.41) is 0. The summed E-state index contributed by atoms with van der Waals surface area (Å²) in [4.78, 5) is 0. The van der Waals surface area contributed by atoms with Crippen LogP contribution in [-0.2, 0) is 14.6 Å². The number of sulfone groups is 1. The second-order valence-corrected chi connectivity index (χ2v) is 9.88. The maximum atomic E-state index is 11.7. The van der Waals surface area contributed by atoms with Crippen molar-refractivity contribution in [3.8, 4) is 0 Å². The van der Waals surface area contributed by atoms with E-state index in [2.05, 4.69) is 0 Å². The Morgan fingerprint density at radius 1 is 1.25 bits per heavy atom. The first-order chi connectivity index (χ1) is 7.49. The van der Waals surface area contributed by atoms with Gasteiger partial charge >= 0.3 is 0 Å². The summed E-state index contributed by atoms with van der Waals surface area (Å²) in [6, 6.07) is 0. The van der Waals surface area contributed by atoms with E-state index in [-0.39, 0.29) is 15.4 Å². The molecule has 0 amide bonds. The fourth-order valence-corrected chi connectivity index (χ4v) is 9.32. The van der Waals surface area contributed by atoms with E-state index >= 15 is 0 Å². The molecule has 1 spiro atoms. The van der Waals surface area contributed by atoms with Crippen molar-refractivity contribution in [3.63, 3.8) is 0 Å². The average Bonchev–Trinajstić information content (AvgIpc) is 2.57. The Morgan fingerprint density at radius 3 is 2.38 bits per heavy atom. The maximum Gasteiger partial charge on any atom is 0.163 e. The first-order valence-electron chi connectivity index (χ1n) is 5.56. The van der Waals surface area contributed by atoms with Crippen LogP contribution in [0.15, 0.2) is 0 Å². The minimum absolute atomic E-state index is 0.0470. The van der Waals surface area contributed by atoms with Crippen LogP contribution in [0.4, 0.5) is 0 Å². The predicted octanol–water partition coefficient (Wildman–Crippen LogP) is 2.47. The molecular weight excluding hydrogens is 264 g/mol. The third kappa shape index (κ3) is 2.26. The smallest absolute Gasteiger partial charge is 0.163 e. The molecule has 3 nitrogen and oxygen atoms in total. The van der Waals surface area contributed by atoms with Gasteiger partial charge in [-0.05, 0) is 12.8 Å². The van der Waals surface area contributed by atoms with E-state index in [1.54, 1.807) is 17.9 Å². The van der Waals surface area contributed by atoms with E-state index in [4.69, 9.17) is 4.74 Å². The van der Waals surface area contributed by atoms with Crippen molar-refractivity contribution in [3.05, 3.63) is 0 Å². The molecule has 0 bridgehead atoms. The lowest BCUT2D eigenvalue weighted by Gasteiger charge is -2.37. The number of methoxy groups -OCH3 is 1. The van der Waals surface area contributed by atoms with Crippen molar-refractivity contribution in [1.82, 2.24) is 0 Å². The van der Waals surface area contributed by atoms with E-state index in [1.807, 2.05) is 0 Å². The topological polar surface area (TPSA) is 43.4 Å². The van der Waals surface area contributed by atoms with Crippen LogP contribution < -0.4 is 0 Å². The molecule has 0 radical (unpaired) electrons. The third-order valence-electron chi connectivity index (χ3n) is 3.45. The number of hydrogen-bond acceptors (Lipinski definition) is 5. The molecule has 0 aromatic heterocycles. The van der Waals surface area contributed by atoms with Crippen molar-refractivity contribution < 1.29 is 13.2 Å². The quantitative estimate of drug-likeness (QED) is 0.728. The molecule has 1 heterocycles. The molecule has 2 rings (SSSR count). The lowest BCUT2D eigenvalue weighted by Crippen LogP contribution is -2.45. The molecule has 0 aromatic rings. The van der Waals surface area contributed by atoms with E-state index < -0.39 is 9.84 Å². The largest absolute Gasteiger partial charge is 0.378 e. The molecule has 16 heavy (non-hydrogen) atoms. The van der Waals surface area contributed by atoms with Gasteiger partial charge in [0.1, 0.15) is 4.58 Å². The molecule has 2 fully saturated rings. The zero-order chi connectivity index (χ0) is 11.8. The van der Waals surface area contributed by atoms with Gasteiger partial charge in [0, 0.05) is 13.4 Å². The maximum absolute atomic E-state index is 11.7. The van der Waals surface area contributed by atoms with Crippen LogP contribution in [0.25, 0.3) is 0 Å². The molecule has 2 aliphatic rings. The molecule has 0 N–H and O–H groups in total. The van der Waals surface area contributed by atoms with Crippen LogP contribution in [0.2, 0.25) is 0 Å². The highest BCUT2D eigenvalue weighted by molar-refractivity contribution is 8.79. The fraction of sp³-hybridized carbons (Fsp3) is 1.00. The van der Waals surface area contributed by atoms with Crippen LogP contribution in [0.5, 0.6) is 0 Å². The normalized spacial score (nSPS) is 34.4. The van der Waals surface area contributed by atoms with Crippen molar-refractivity contribution in [2.75, 3.05) is 13.4 Å². The first kappa shape index (κ1) is 13.1. The molecule has 94 valence electrons. The molecule has 1 saturated carbocycles. The van der Waals surface area contributed by atoms with Gasteiger partial charge in [0.2, 0.25) is 0 Å². The van der Waals surface area contributed by atoms with Crippen LogP contribution >= 0.6 is 21.6 Å². The van der Waals surface area contributed by atoms with Gasteiger partial charge in [0.15, 0.2) is 9.84 Å². The van der Waals surface area contributed by atoms with Crippen molar-refractivity contribution in [2.24, 2.45) is 0 Å². The molecule has 6 heteroatoms. The molecular formula is C10H18O3S3. The Labute approximate surface area is 105 Å². The standard InChI is InChI=1S/C10H18O3S3/c1-13-8-9(16(2,11)12)14-15-10(8)6-4-3-5-7-10/h8-9H,3-7H2,1-2H3. The van der Waals surface area contributed by atoms with E-state index in [0.29, 0.717) is 0 Å². The molecule has 1 aliphatic heterocycles. The number of rotatable bonds is 2. The second-order valence-electron chi connectivity index (χ2n) is 4.66. The Bertz CT molecular complexity index is 346. The SMILES string of the molecule is COC1C(S(C)(=O)=O)SSC12CCCCC2. The van der Waals surface area contributed by atoms with Gasteiger partial charge in [-0.25, -0.2) is 8.42 Å². The molecule has 1 aliphatic carbocycles. The summed E-state index contributed by atoms with van der Waals surface area (Å²) in [6.45, 7) is 0. The molecule has 0 aromatic carbocycles. The van der Waals surface area contributed by atoms with Crippen LogP contribution in [0.1, 0.15) is 32.1 Å². The fourth-order valence-electron chi connectivity index (χ4n) is 2.63. The van der Waals surface area contributed by atoms with Gasteiger partial charge in [0.25, 0.3) is 0 Å². The zero-order valence-electron chi connectivity index (χ0n) is 9.64. The van der Waals surface area contributed by atoms with Gasteiger partial charge in [-0.3, -0.25) is 0 Å². The number of ether oxygens (including phenoxy) is 1. The Morgan fingerprint density at radius 2 is 1.88 bits per heavy atom. The minimum Gasteiger partial charge on any atom is -0.378 e. The summed E-state index contributed by atoms with van der Waals surface area (Å²) in [6.07, 6.45) is 7.03. The van der Waals surface area contributed by atoms with E-state index in [9.17, 15) is 8.42 Å². The highest BCUT2D eigenvalue weighted by Gasteiger charge is 2.54. The van der Waals surface area contributed by atoms with Crippen molar-refractivity contribution in [1.29, 1.82) is 0 Å². The molecule has 1 saturated heterocycles. The monoisotopic (exact) mass is 282 g/mol. The van der Waals surface area contributed by atoms with Gasteiger partial charge in [-0.1, -0.05) is 40.9 Å². The van der Waals surface area contributed by atoms with Crippen LogP contribution in [0, 0.1) is 0 Å². The van der Waals surface area contributed by atoms with Gasteiger partial charge in [-0.2, -0.15) is 0 Å². The average molecular weight is 282 g/mol. The highest BCUT2D eigenvalue weighted by Crippen LogP contribution is 2.59. The Hall–Kier alpha value is 0.610. The second kappa shape index (κ2) is 4.71. The van der Waals surface area contributed by atoms with Crippen LogP contribution in [0.3, 0.4) is 0 Å². The predicted molar refractivity (Wildman–Crippen MR) is 70.4 cm³/mol. The van der Waals surface area contributed by atoms with E-state index in [1.165, 1.54) is 36.3 Å². The van der Waals surface area contributed by atoms with Crippen LogP contribution in [-0.4, -0.2) is 37.2 Å². The van der Waals surface area contributed by atoms with Crippen molar-refractivity contribution in [2.45, 2.75) is 47.5 Å². The highest BCUT2D eigenvalue weighted by atomic mass is 33.1. The zero-order valence-corrected chi connectivity index (χ0v) is 12.1. The first-order valence-corrected chi connectivity index (χ1v) is 9.72. The van der Waals surface area contributed by atoms with Gasteiger partial charge in [0.05, 0.1) is 10.9 Å². The van der Waals surface area contributed by atoms with Gasteiger partial charge in [-0.15, -0.1) is 0 Å². The van der Waals surface area contributed by atoms with E-state index in [0.717, 1.165) is 12.8 Å². The lowest BCUT2D eigenvalue weighted by molar-refractivity contribution is 0.0678. The summed E-state index contributed by atoms with van der Waals surface area (Å²) >= 11 is 0.